The van der Waals surface area contributed by atoms with Crippen molar-refractivity contribution in [1.82, 2.24) is 9.78 Å². The third-order valence-electron chi connectivity index (χ3n) is 4.05. The van der Waals surface area contributed by atoms with E-state index in [2.05, 4.69) is 5.10 Å². The standard InChI is InChI=1S/C19H14F5N3O/c1-26-11-13(10-25-26)17(28)27(18(20)21)16-5-3-2-4-15(16)12-6-8-14(9-7-12)19(22,23)24/h2-11,18H,1H3. The van der Waals surface area contributed by atoms with Crippen molar-refractivity contribution in [1.29, 1.82) is 0 Å². The van der Waals surface area contributed by atoms with Gasteiger partial charge in [0.2, 0.25) is 0 Å². The zero-order chi connectivity index (χ0) is 20.5. The molecule has 0 saturated heterocycles. The molecule has 0 saturated carbocycles. The molecule has 0 aliphatic rings. The Morgan fingerprint density at radius 2 is 1.71 bits per heavy atom. The SMILES string of the molecule is Cn1cc(C(=O)N(c2ccccc2-c2ccc(C(F)(F)F)cc2)C(F)F)cn1. The number of hydrogen-bond acceptors (Lipinski definition) is 2. The Morgan fingerprint density at radius 1 is 1.07 bits per heavy atom. The Bertz CT molecular complexity index is 980. The van der Waals surface area contributed by atoms with Crippen molar-refractivity contribution in [2.24, 2.45) is 7.05 Å². The molecule has 3 aromatic rings. The fourth-order valence-corrected chi connectivity index (χ4v) is 2.74. The molecule has 3 rings (SSSR count). The number of nitrogens with zero attached hydrogens (tertiary/aromatic N) is 3. The highest BCUT2D eigenvalue weighted by atomic mass is 19.4. The summed E-state index contributed by atoms with van der Waals surface area (Å²) in [6.45, 7) is -3.16. The van der Waals surface area contributed by atoms with Crippen molar-refractivity contribution in [3.8, 4) is 11.1 Å². The second-order valence-corrected chi connectivity index (χ2v) is 5.95. The van der Waals surface area contributed by atoms with Crippen molar-refractivity contribution in [3.63, 3.8) is 0 Å². The van der Waals surface area contributed by atoms with Gasteiger partial charge in [-0.15, -0.1) is 0 Å². The summed E-state index contributed by atoms with van der Waals surface area (Å²) in [4.78, 5) is 12.9. The number of para-hydroxylation sites is 1. The zero-order valence-corrected chi connectivity index (χ0v) is 14.5. The highest BCUT2D eigenvalue weighted by Crippen LogP contribution is 2.36. The van der Waals surface area contributed by atoms with Gasteiger partial charge < -0.3 is 0 Å². The minimum atomic E-state index is -4.51. The molecule has 2 aromatic carbocycles. The van der Waals surface area contributed by atoms with Crippen LogP contribution in [-0.4, -0.2) is 22.2 Å². The molecule has 146 valence electrons. The van der Waals surface area contributed by atoms with Crippen LogP contribution in [0.1, 0.15) is 15.9 Å². The largest absolute Gasteiger partial charge is 0.416 e. The lowest BCUT2D eigenvalue weighted by atomic mass is 10.0. The van der Waals surface area contributed by atoms with E-state index >= 15 is 0 Å². The first-order valence-electron chi connectivity index (χ1n) is 8.05. The third-order valence-corrected chi connectivity index (χ3v) is 4.05. The first-order chi connectivity index (χ1) is 13.2. The van der Waals surface area contributed by atoms with E-state index < -0.39 is 24.2 Å². The maximum atomic E-state index is 13.8. The smallest absolute Gasteiger partial charge is 0.275 e. The maximum absolute atomic E-state index is 13.8. The van der Waals surface area contributed by atoms with Crippen LogP contribution in [0.4, 0.5) is 27.6 Å². The van der Waals surface area contributed by atoms with Gasteiger partial charge in [-0.3, -0.25) is 9.48 Å². The molecule has 0 fully saturated rings. The molecule has 0 bridgehead atoms. The van der Waals surface area contributed by atoms with Gasteiger partial charge in [-0.2, -0.15) is 27.1 Å². The summed E-state index contributed by atoms with van der Waals surface area (Å²) in [5, 5.41) is 3.80. The molecule has 0 N–H and O–H groups in total. The molecule has 0 spiro atoms. The molecule has 4 nitrogen and oxygen atoms in total. The molecule has 0 radical (unpaired) electrons. The number of carbonyl (C=O) groups excluding carboxylic acids is 1. The molecule has 9 heteroatoms. The number of aryl methyl sites for hydroxylation is 1. The van der Waals surface area contributed by atoms with Crippen molar-refractivity contribution < 1.29 is 26.7 Å². The number of amides is 1. The van der Waals surface area contributed by atoms with E-state index in [0.717, 1.165) is 12.1 Å². The van der Waals surface area contributed by atoms with Gasteiger partial charge in [-0.05, 0) is 23.8 Å². The van der Waals surface area contributed by atoms with E-state index in [1.807, 2.05) is 0 Å². The molecular formula is C19H14F5N3O. The molecule has 0 atom stereocenters. The molecule has 0 unspecified atom stereocenters. The predicted molar refractivity (Wildman–Crippen MR) is 92.9 cm³/mol. The van der Waals surface area contributed by atoms with E-state index in [4.69, 9.17) is 0 Å². The third kappa shape index (κ3) is 3.88. The summed E-state index contributed by atoms with van der Waals surface area (Å²) in [6.07, 6.45) is -2.04. The minimum Gasteiger partial charge on any atom is -0.275 e. The number of alkyl halides is 5. The number of carbonyl (C=O) groups is 1. The number of halogens is 5. The fraction of sp³-hybridized carbons (Fsp3) is 0.158. The van der Waals surface area contributed by atoms with Gasteiger partial charge in [0.05, 0.1) is 23.0 Å². The van der Waals surface area contributed by atoms with E-state index in [1.54, 1.807) is 13.1 Å². The van der Waals surface area contributed by atoms with E-state index in [-0.39, 0.29) is 22.4 Å². The Morgan fingerprint density at radius 3 is 2.25 bits per heavy atom. The minimum absolute atomic E-state index is 0.0370. The van der Waals surface area contributed by atoms with Crippen molar-refractivity contribution >= 4 is 11.6 Å². The van der Waals surface area contributed by atoms with Crippen LogP contribution in [0.5, 0.6) is 0 Å². The van der Waals surface area contributed by atoms with Crippen molar-refractivity contribution in [2.45, 2.75) is 12.7 Å². The lowest BCUT2D eigenvalue weighted by Gasteiger charge is -2.24. The van der Waals surface area contributed by atoms with Crippen LogP contribution in [0.25, 0.3) is 11.1 Å². The maximum Gasteiger partial charge on any atom is 0.416 e. The summed E-state index contributed by atoms with van der Waals surface area (Å²) in [5.41, 5.74) is -0.538. The topological polar surface area (TPSA) is 38.1 Å². The first kappa shape index (κ1) is 19.5. The molecule has 1 aromatic heterocycles. The second kappa shape index (κ2) is 7.41. The molecule has 1 heterocycles. The molecule has 28 heavy (non-hydrogen) atoms. The fourth-order valence-electron chi connectivity index (χ4n) is 2.74. The average Bonchev–Trinajstić information content (AvgIpc) is 3.08. The number of anilines is 1. The highest BCUT2D eigenvalue weighted by Gasteiger charge is 2.31. The number of benzene rings is 2. The van der Waals surface area contributed by atoms with Gasteiger partial charge in [0.15, 0.2) is 0 Å². The van der Waals surface area contributed by atoms with Crippen molar-refractivity contribution in [3.05, 3.63) is 72.1 Å². The lowest BCUT2D eigenvalue weighted by molar-refractivity contribution is -0.137. The quantitative estimate of drug-likeness (QED) is 0.462. The highest BCUT2D eigenvalue weighted by molar-refractivity contribution is 6.08. The second-order valence-electron chi connectivity index (χ2n) is 5.95. The number of rotatable bonds is 4. The molecule has 1 amide bonds. The monoisotopic (exact) mass is 395 g/mol. The van der Waals surface area contributed by atoms with Crippen LogP contribution >= 0.6 is 0 Å². The van der Waals surface area contributed by atoms with Gasteiger partial charge >= 0.3 is 12.7 Å². The predicted octanol–water partition coefficient (Wildman–Crippen LogP) is 4.98. The molecule has 0 aliphatic heterocycles. The number of aromatic nitrogens is 2. The van der Waals surface area contributed by atoms with Crippen LogP contribution in [0.2, 0.25) is 0 Å². The van der Waals surface area contributed by atoms with E-state index in [1.165, 1.54) is 47.4 Å². The van der Waals surface area contributed by atoms with Gasteiger partial charge in [-0.1, -0.05) is 30.3 Å². The Balaban J connectivity index is 2.05. The average molecular weight is 395 g/mol. The van der Waals surface area contributed by atoms with Crippen molar-refractivity contribution in [2.75, 3.05) is 4.90 Å². The Labute approximate surface area is 156 Å². The summed E-state index contributed by atoms with van der Waals surface area (Å²) >= 11 is 0. The normalized spacial score (nSPS) is 11.7. The van der Waals surface area contributed by atoms with Crippen LogP contribution in [0.3, 0.4) is 0 Å². The summed E-state index contributed by atoms with van der Waals surface area (Å²) < 4.78 is 67.2. The van der Waals surface area contributed by atoms with Crippen LogP contribution in [0.15, 0.2) is 60.9 Å². The van der Waals surface area contributed by atoms with Crippen LogP contribution < -0.4 is 4.90 Å². The van der Waals surface area contributed by atoms with Gasteiger partial charge in [0, 0.05) is 18.8 Å². The Hall–Kier alpha value is -3.23. The van der Waals surface area contributed by atoms with Crippen LogP contribution in [-0.2, 0) is 13.2 Å². The van der Waals surface area contributed by atoms with E-state index in [0.29, 0.717) is 4.90 Å². The summed E-state index contributed by atoms with van der Waals surface area (Å²) in [6, 6.07) is 9.88. The Kier molecular flexibility index (Phi) is 5.17. The van der Waals surface area contributed by atoms with Crippen LogP contribution in [0, 0.1) is 0 Å². The molecule has 0 aliphatic carbocycles. The van der Waals surface area contributed by atoms with Gasteiger partial charge in [-0.25, -0.2) is 4.90 Å². The van der Waals surface area contributed by atoms with Gasteiger partial charge in [0.25, 0.3) is 5.91 Å². The summed E-state index contributed by atoms with van der Waals surface area (Å²) in [5.74, 6) is -0.970. The number of hydrogen-bond donors (Lipinski definition) is 0. The lowest BCUT2D eigenvalue weighted by Crippen LogP contribution is -2.35. The summed E-state index contributed by atoms with van der Waals surface area (Å²) in [7, 11) is 1.54. The zero-order valence-electron chi connectivity index (χ0n) is 14.5. The molecular weight excluding hydrogens is 381 g/mol. The first-order valence-corrected chi connectivity index (χ1v) is 8.05. The van der Waals surface area contributed by atoms with Gasteiger partial charge in [0.1, 0.15) is 0 Å². The van der Waals surface area contributed by atoms with E-state index in [9.17, 15) is 26.7 Å².